The van der Waals surface area contributed by atoms with Crippen LogP contribution in [0.25, 0.3) is 0 Å². The van der Waals surface area contributed by atoms with E-state index in [0.717, 1.165) is 6.42 Å². The van der Waals surface area contributed by atoms with Crippen molar-refractivity contribution in [1.82, 2.24) is 10.1 Å². The van der Waals surface area contributed by atoms with Crippen LogP contribution in [0, 0.1) is 0 Å². The fraction of sp³-hybridized carbons (Fsp3) is 0.818. The van der Waals surface area contributed by atoms with Gasteiger partial charge in [0.15, 0.2) is 5.82 Å². The number of hydrogen-bond donors (Lipinski definition) is 1. The van der Waals surface area contributed by atoms with E-state index in [1.165, 1.54) is 0 Å². The molecule has 1 aromatic heterocycles. The number of aliphatic hydroxyl groups is 1. The second-order valence-corrected chi connectivity index (χ2v) is 4.49. The number of hydrogen-bond acceptors (Lipinski definition) is 5. The van der Waals surface area contributed by atoms with Crippen molar-refractivity contribution >= 4 is 0 Å². The molecule has 90 valence electrons. The fourth-order valence-corrected chi connectivity index (χ4v) is 2.09. The van der Waals surface area contributed by atoms with E-state index < -0.39 is 5.60 Å². The second kappa shape index (κ2) is 4.51. The Hall–Kier alpha value is -0.940. The number of ether oxygens (including phenoxy) is 1. The largest absolute Gasteiger partial charge is 0.389 e. The van der Waals surface area contributed by atoms with Crippen molar-refractivity contribution in [3.63, 3.8) is 0 Å². The predicted octanol–water partition coefficient (Wildman–Crippen LogP) is 1.10. The number of aryl methyl sites for hydroxylation is 1. The topological polar surface area (TPSA) is 68.4 Å². The van der Waals surface area contributed by atoms with Crippen molar-refractivity contribution in [2.75, 3.05) is 6.61 Å². The summed E-state index contributed by atoms with van der Waals surface area (Å²) in [4.78, 5) is 4.21. The van der Waals surface area contributed by atoms with Gasteiger partial charge in [-0.2, -0.15) is 4.98 Å². The van der Waals surface area contributed by atoms with Crippen LogP contribution in [0.5, 0.6) is 0 Å². The van der Waals surface area contributed by atoms with Crippen LogP contribution in [0.15, 0.2) is 4.52 Å². The summed E-state index contributed by atoms with van der Waals surface area (Å²) in [5, 5.41) is 14.2. The maximum Gasteiger partial charge on any atom is 0.229 e. The summed E-state index contributed by atoms with van der Waals surface area (Å²) < 4.78 is 10.5. The molecule has 2 rings (SSSR count). The van der Waals surface area contributed by atoms with E-state index >= 15 is 0 Å². The van der Waals surface area contributed by atoms with Crippen LogP contribution in [0.1, 0.15) is 38.4 Å². The average molecular weight is 226 g/mol. The van der Waals surface area contributed by atoms with Crippen LogP contribution in [-0.4, -0.2) is 33.6 Å². The summed E-state index contributed by atoms with van der Waals surface area (Å²) in [7, 11) is 0. The molecule has 16 heavy (non-hydrogen) atoms. The second-order valence-electron chi connectivity index (χ2n) is 4.49. The molecule has 0 unspecified atom stereocenters. The van der Waals surface area contributed by atoms with E-state index in [4.69, 9.17) is 9.26 Å². The smallest absolute Gasteiger partial charge is 0.229 e. The molecule has 0 radical (unpaired) electrons. The van der Waals surface area contributed by atoms with Crippen LogP contribution in [0.3, 0.4) is 0 Å². The minimum atomic E-state index is -0.755. The highest BCUT2D eigenvalue weighted by Crippen LogP contribution is 2.27. The Balaban J connectivity index is 2.02. The summed E-state index contributed by atoms with van der Waals surface area (Å²) in [6, 6.07) is 0. The minimum Gasteiger partial charge on any atom is -0.389 e. The lowest BCUT2D eigenvalue weighted by molar-refractivity contribution is -0.0987. The molecule has 0 spiro atoms. The van der Waals surface area contributed by atoms with Gasteiger partial charge in [0.2, 0.25) is 5.89 Å². The average Bonchev–Trinajstić information content (AvgIpc) is 2.64. The van der Waals surface area contributed by atoms with Gasteiger partial charge in [0, 0.05) is 25.9 Å². The molecule has 0 bridgehead atoms. The lowest BCUT2D eigenvalue weighted by atomic mass is 9.88. The third-order valence-electron chi connectivity index (χ3n) is 2.94. The van der Waals surface area contributed by atoms with Gasteiger partial charge >= 0.3 is 0 Å². The van der Waals surface area contributed by atoms with Crippen LogP contribution in [-0.2, 0) is 17.6 Å². The summed E-state index contributed by atoms with van der Waals surface area (Å²) in [6.07, 6.45) is 2.51. The highest BCUT2D eigenvalue weighted by Gasteiger charge is 2.35. The van der Waals surface area contributed by atoms with E-state index in [0.29, 0.717) is 37.6 Å². The summed E-state index contributed by atoms with van der Waals surface area (Å²) >= 11 is 0. The van der Waals surface area contributed by atoms with Crippen molar-refractivity contribution in [3.05, 3.63) is 11.7 Å². The first-order valence-electron chi connectivity index (χ1n) is 5.77. The lowest BCUT2D eigenvalue weighted by Gasteiger charge is -2.34. The van der Waals surface area contributed by atoms with Gasteiger partial charge in [0.1, 0.15) is 0 Å². The van der Waals surface area contributed by atoms with Gasteiger partial charge in [-0.25, -0.2) is 0 Å². The molecular formula is C11H18N2O3. The Morgan fingerprint density at radius 3 is 3.00 bits per heavy atom. The predicted molar refractivity (Wildman–Crippen MR) is 57.0 cm³/mol. The molecule has 2 atom stereocenters. The molecule has 5 nitrogen and oxygen atoms in total. The molecule has 1 aliphatic heterocycles. The highest BCUT2D eigenvalue weighted by atomic mass is 16.5. The number of rotatable bonds is 3. The van der Waals surface area contributed by atoms with E-state index in [9.17, 15) is 5.11 Å². The molecule has 0 aromatic carbocycles. The quantitative estimate of drug-likeness (QED) is 0.836. The zero-order valence-electron chi connectivity index (χ0n) is 9.77. The SMILES string of the molecule is CCc1noc(C[C@]2(O)CCO[C@H](C)C2)n1. The third-order valence-corrected chi connectivity index (χ3v) is 2.94. The molecule has 2 heterocycles. The molecule has 5 heteroatoms. The summed E-state index contributed by atoms with van der Waals surface area (Å²) in [5.74, 6) is 1.21. The molecule has 1 N–H and O–H groups in total. The van der Waals surface area contributed by atoms with Crippen molar-refractivity contribution in [1.29, 1.82) is 0 Å². The van der Waals surface area contributed by atoms with Gasteiger partial charge in [0.25, 0.3) is 0 Å². The van der Waals surface area contributed by atoms with Crippen molar-refractivity contribution in [2.24, 2.45) is 0 Å². The monoisotopic (exact) mass is 226 g/mol. The van der Waals surface area contributed by atoms with Gasteiger partial charge in [-0.3, -0.25) is 0 Å². The fourth-order valence-electron chi connectivity index (χ4n) is 2.09. The molecule has 1 fully saturated rings. The molecule has 0 amide bonds. The standard InChI is InChI=1S/C11H18N2O3/c1-3-9-12-10(16-13-9)7-11(14)4-5-15-8(2)6-11/h8,14H,3-7H2,1-2H3/t8-,11+/m1/s1. The summed E-state index contributed by atoms with van der Waals surface area (Å²) in [5.41, 5.74) is -0.755. The highest BCUT2D eigenvalue weighted by molar-refractivity contribution is 4.95. The van der Waals surface area contributed by atoms with Crippen molar-refractivity contribution < 1.29 is 14.4 Å². The zero-order valence-corrected chi connectivity index (χ0v) is 9.77. The normalized spacial score (nSPS) is 30.6. The first-order valence-corrected chi connectivity index (χ1v) is 5.77. The number of aromatic nitrogens is 2. The minimum absolute atomic E-state index is 0.0901. The Morgan fingerprint density at radius 2 is 2.38 bits per heavy atom. The van der Waals surface area contributed by atoms with Crippen LogP contribution >= 0.6 is 0 Å². The maximum absolute atomic E-state index is 10.4. The Kier molecular flexibility index (Phi) is 3.25. The van der Waals surface area contributed by atoms with Gasteiger partial charge in [-0.15, -0.1) is 0 Å². The van der Waals surface area contributed by atoms with Crippen LogP contribution < -0.4 is 0 Å². The number of nitrogens with zero attached hydrogens (tertiary/aromatic N) is 2. The molecule has 1 saturated heterocycles. The van der Waals surface area contributed by atoms with E-state index in [-0.39, 0.29) is 6.10 Å². The molecular weight excluding hydrogens is 208 g/mol. The molecule has 0 aliphatic carbocycles. The van der Waals surface area contributed by atoms with Gasteiger partial charge in [0.05, 0.1) is 18.1 Å². The third kappa shape index (κ3) is 2.59. The Morgan fingerprint density at radius 1 is 1.56 bits per heavy atom. The Labute approximate surface area is 94.8 Å². The maximum atomic E-state index is 10.4. The van der Waals surface area contributed by atoms with Crippen LogP contribution in [0.4, 0.5) is 0 Å². The van der Waals surface area contributed by atoms with Gasteiger partial charge in [-0.1, -0.05) is 12.1 Å². The van der Waals surface area contributed by atoms with Crippen molar-refractivity contribution in [2.45, 2.75) is 51.2 Å². The molecule has 0 saturated carbocycles. The van der Waals surface area contributed by atoms with Crippen LogP contribution in [0.2, 0.25) is 0 Å². The Bertz CT molecular complexity index is 353. The molecule has 1 aromatic rings. The van der Waals surface area contributed by atoms with E-state index in [1.54, 1.807) is 0 Å². The zero-order chi connectivity index (χ0) is 11.6. The van der Waals surface area contributed by atoms with Gasteiger partial charge < -0.3 is 14.4 Å². The molecule has 1 aliphatic rings. The first kappa shape index (κ1) is 11.5. The van der Waals surface area contributed by atoms with Gasteiger partial charge in [-0.05, 0) is 6.92 Å². The van der Waals surface area contributed by atoms with E-state index in [1.807, 2.05) is 13.8 Å². The van der Waals surface area contributed by atoms with Crippen molar-refractivity contribution in [3.8, 4) is 0 Å². The lowest BCUT2D eigenvalue weighted by Crippen LogP contribution is -2.41. The first-order chi connectivity index (χ1) is 7.61. The van der Waals surface area contributed by atoms with E-state index in [2.05, 4.69) is 10.1 Å². The summed E-state index contributed by atoms with van der Waals surface area (Å²) in [6.45, 7) is 4.53.